The third-order valence-electron chi connectivity index (χ3n) is 4.89. The SMILES string of the molecule is CCC(C)(C)c1cc(O)c(-c2c(C)c(Cl)cn3ccnc23)c(O)c1. The van der Waals surface area contributed by atoms with Crippen molar-refractivity contribution in [3.05, 3.63) is 46.9 Å². The Labute approximate surface area is 146 Å². The Hall–Kier alpha value is -2.20. The molecule has 0 unspecified atom stereocenters. The van der Waals surface area contributed by atoms with Crippen LogP contribution in [0.2, 0.25) is 5.02 Å². The Morgan fingerprint density at radius 3 is 2.38 bits per heavy atom. The van der Waals surface area contributed by atoms with E-state index in [2.05, 4.69) is 25.8 Å². The molecule has 3 aromatic rings. The number of hydrogen-bond acceptors (Lipinski definition) is 3. The van der Waals surface area contributed by atoms with Crippen molar-refractivity contribution in [3.63, 3.8) is 0 Å². The van der Waals surface area contributed by atoms with E-state index in [9.17, 15) is 10.2 Å². The van der Waals surface area contributed by atoms with Crippen molar-refractivity contribution in [2.45, 2.75) is 39.5 Å². The van der Waals surface area contributed by atoms with Gasteiger partial charge in [-0.1, -0.05) is 32.4 Å². The van der Waals surface area contributed by atoms with E-state index in [1.807, 2.05) is 6.92 Å². The number of aromatic nitrogens is 2. The maximum atomic E-state index is 10.7. The summed E-state index contributed by atoms with van der Waals surface area (Å²) in [4.78, 5) is 4.35. The first-order valence-corrected chi connectivity index (χ1v) is 8.32. The smallest absolute Gasteiger partial charge is 0.145 e. The van der Waals surface area contributed by atoms with Gasteiger partial charge in [-0.3, -0.25) is 0 Å². The number of rotatable bonds is 3. The molecule has 0 aliphatic carbocycles. The molecular formula is C19H21ClN2O2. The van der Waals surface area contributed by atoms with Crippen LogP contribution in [0, 0.1) is 6.92 Å². The fourth-order valence-corrected chi connectivity index (χ4v) is 3.08. The lowest BCUT2D eigenvalue weighted by molar-refractivity contribution is 0.442. The van der Waals surface area contributed by atoms with Crippen LogP contribution in [0.15, 0.2) is 30.7 Å². The predicted octanol–water partition coefficient (Wildman–Crippen LogP) is 5.06. The molecule has 0 atom stereocenters. The lowest BCUT2D eigenvalue weighted by atomic mass is 9.81. The Kier molecular flexibility index (Phi) is 3.96. The van der Waals surface area contributed by atoms with Gasteiger partial charge >= 0.3 is 0 Å². The fraction of sp³-hybridized carbons (Fsp3) is 0.316. The number of phenolic OH excluding ortho intramolecular Hbond substituents is 2. The van der Waals surface area contributed by atoms with Crippen LogP contribution in [0.5, 0.6) is 11.5 Å². The molecule has 0 saturated heterocycles. The number of phenols is 2. The number of aromatic hydroxyl groups is 2. The van der Waals surface area contributed by atoms with Gasteiger partial charge in [-0.2, -0.15) is 0 Å². The Balaban J connectivity index is 2.32. The Morgan fingerprint density at radius 1 is 1.17 bits per heavy atom. The highest BCUT2D eigenvalue weighted by molar-refractivity contribution is 6.31. The predicted molar refractivity (Wildman–Crippen MR) is 97.0 cm³/mol. The minimum Gasteiger partial charge on any atom is -0.507 e. The first kappa shape index (κ1) is 16.7. The number of benzene rings is 1. The van der Waals surface area contributed by atoms with Gasteiger partial charge in [-0.05, 0) is 42.0 Å². The molecule has 24 heavy (non-hydrogen) atoms. The van der Waals surface area contributed by atoms with E-state index in [-0.39, 0.29) is 16.9 Å². The van der Waals surface area contributed by atoms with Gasteiger partial charge in [0.05, 0.1) is 10.6 Å². The van der Waals surface area contributed by atoms with E-state index in [0.717, 1.165) is 17.5 Å². The topological polar surface area (TPSA) is 57.8 Å². The second-order valence-corrected chi connectivity index (χ2v) is 7.17. The number of pyridine rings is 1. The molecule has 0 fully saturated rings. The van der Waals surface area contributed by atoms with Crippen LogP contribution < -0.4 is 0 Å². The summed E-state index contributed by atoms with van der Waals surface area (Å²) in [6.07, 6.45) is 6.11. The van der Waals surface area contributed by atoms with E-state index in [0.29, 0.717) is 21.8 Å². The number of imidazole rings is 1. The summed E-state index contributed by atoms with van der Waals surface area (Å²) in [5.41, 5.74) is 3.17. The Bertz CT molecular complexity index is 906. The molecule has 0 amide bonds. The van der Waals surface area contributed by atoms with E-state index in [1.165, 1.54) is 0 Å². The zero-order valence-corrected chi connectivity index (χ0v) is 15.0. The minimum absolute atomic E-state index is 0.0294. The quantitative estimate of drug-likeness (QED) is 0.698. The van der Waals surface area contributed by atoms with Crippen molar-refractivity contribution in [1.82, 2.24) is 9.38 Å². The first-order valence-electron chi connectivity index (χ1n) is 7.95. The van der Waals surface area contributed by atoms with Gasteiger partial charge in [0.2, 0.25) is 0 Å². The standard InChI is InChI=1S/C19H21ClN2O2/c1-5-19(3,4)12-8-14(23)17(15(24)9-12)16-11(2)13(20)10-22-7-6-21-18(16)22/h6-10,23-24H,5H2,1-4H3. The van der Waals surface area contributed by atoms with Crippen molar-refractivity contribution in [3.8, 4) is 22.6 Å². The molecule has 2 heterocycles. The fourth-order valence-electron chi connectivity index (χ4n) is 2.88. The monoisotopic (exact) mass is 344 g/mol. The van der Waals surface area contributed by atoms with Gasteiger partial charge < -0.3 is 14.6 Å². The molecule has 3 rings (SSSR count). The second kappa shape index (κ2) is 5.71. The van der Waals surface area contributed by atoms with Crippen LogP contribution in [-0.2, 0) is 5.41 Å². The van der Waals surface area contributed by atoms with Crippen LogP contribution in [0.25, 0.3) is 16.8 Å². The summed E-state index contributed by atoms with van der Waals surface area (Å²) in [6.45, 7) is 8.10. The van der Waals surface area contributed by atoms with Crippen LogP contribution in [0.4, 0.5) is 0 Å². The zero-order chi connectivity index (χ0) is 17.6. The van der Waals surface area contributed by atoms with Crippen molar-refractivity contribution in [2.75, 3.05) is 0 Å². The van der Waals surface area contributed by atoms with E-state index in [4.69, 9.17) is 11.6 Å². The molecule has 126 valence electrons. The van der Waals surface area contributed by atoms with Gasteiger partial charge in [0.15, 0.2) is 0 Å². The molecule has 0 saturated carbocycles. The highest BCUT2D eigenvalue weighted by Gasteiger charge is 2.24. The third kappa shape index (κ3) is 2.51. The Morgan fingerprint density at radius 2 is 1.79 bits per heavy atom. The van der Waals surface area contributed by atoms with Crippen molar-refractivity contribution >= 4 is 17.2 Å². The summed E-state index contributed by atoms with van der Waals surface area (Å²) in [6, 6.07) is 3.44. The van der Waals surface area contributed by atoms with Gasteiger partial charge in [0.1, 0.15) is 17.1 Å². The molecule has 5 heteroatoms. The summed E-state index contributed by atoms with van der Waals surface area (Å²) in [7, 11) is 0. The second-order valence-electron chi connectivity index (χ2n) is 6.76. The first-order chi connectivity index (χ1) is 11.3. The maximum absolute atomic E-state index is 10.7. The largest absolute Gasteiger partial charge is 0.507 e. The third-order valence-corrected chi connectivity index (χ3v) is 5.27. The maximum Gasteiger partial charge on any atom is 0.145 e. The molecule has 4 nitrogen and oxygen atoms in total. The molecule has 2 N–H and O–H groups in total. The molecule has 0 aliphatic heterocycles. The van der Waals surface area contributed by atoms with Crippen molar-refractivity contribution < 1.29 is 10.2 Å². The lowest BCUT2D eigenvalue weighted by Crippen LogP contribution is -2.15. The number of fused-ring (bicyclic) bond motifs is 1. The van der Waals surface area contributed by atoms with Crippen molar-refractivity contribution in [1.29, 1.82) is 0 Å². The van der Waals surface area contributed by atoms with Gasteiger partial charge in [0, 0.05) is 24.2 Å². The number of nitrogens with zero attached hydrogens (tertiary/aromatic N) is 2. The highest BCUT2D eigenvalue weighted by atomic mass is 35.5. The van der Waals surface area contributed by atoms with Gasteiger partial charge in [-0.15, -0.1) is 0 Å². The van der Waals surface area contributed by atoms with Crippen molar-refractivity contribution in [2.24, 2.45) is 0 Å². The molecule has 1 aromatic carbocycles. The average molecular weight is 345 g/mol. The molecule has 0 radical (unpaired) electrons. The summed E-state index contributed by atoms with van der Waals surface area (Å²) >= 11 is 6.32. The van der Waals surface area contributed by atoms with Gasteiger partial charge in [0.25, 0.3) is 0 Å². The summed E-state index contributed by atoms with van der Waals surface area (Å²) in [5.74, 6) is 0.0589. The molecule has 2 aromatic heterocycles. The summed E-state index contributed by atoms with van der Waals surface area (Å²) < 4.78 is 1.79. The lowest BCUT2D eigenvalue weighted by Gasteiger charge is -2.25. The van der Waals surface area contributed by atoms with Crippen LogP contribution in [0.1, 0.15) is 38.3 Å². The van der Waals surface area contributed by atoms with Crippen LogP contribution in [-0.4, -0.2) is 19.6 Å². The van der Waals surface area contributed by atoms with Crippen LogP contribution in [0.3, 0.4) is 0 Å². The average Bonchev–Trinajstić information content (AvgIpc) is 2.97. The highest BCUT2D eigenvalue weighted by Crippen LogP contribution is 2.45. The molecule has 0 aliphatic rings. The molecular weight excluding hydrogens is 324 g/mol. The number of hydrogen-bond donors (Lipinski definition) is 2. The normalized spacial score (nSPS) is 12.0. The zero-order valence-electron chi connectivity index (χ0n) is 14.3. The van der Waals surface area contributed by atoms with Crippen LogP contribution >= 0.6 is 11.6 Å². The molecule has 0 spiro atoms. The van der Waals surface area contributed by atoms with Gasteiger partial charge in [-0.25, -0.2) is 4.98 Å². The van der Waals surface area contributed by atoms with E-state index in [1.54, 1.807) is 35.1 Å². The van der Waals surface area contributed by atoms with E-state index >= 15 is 0 Å². The number of halogens is 1. The molecule has 0 bridgehead atoms. The van der Waals surface area contributed by atoms with E-state index < -0.39 is 0 Å². The summed E-state index contributed by atoms with van der Waals surface area (Å²) in [5, 5.41) is 21.9. The minimum atomic E-state index is -0.139.